The second-order valence-electron chi connectivity index (χ2n) is 10.7. The summed E-state index contributed by atoms with van der Waals surface area (Å²) in [5.41, 5.74) is 0.0315. The Bertz CT molecular complexity index is 608. The lowest BCUT2D eigenvalue weighted by molar-refractivity contribution is -0.253. The smallest absolute Gasteiger partial charge is 0.303 e. The number of aliphatic hydroxyl groups excluding tert-OH is 3. The van der Waals surface area contributed by atoms with E-state index >= 15 is 0 Å². The van der Waals surface area contributed by atoms with Crippen molar-refractivity contribution in [3.05, 3.63) is 0 Å². The Hall–Kier alpha value is -0.650. The molecule has 4 aliphatic rings. The quantitative estimate of drug-likeness (QED) is 0.609. The molecule has 5 nitrogen and oxygen atoms in total. The van der Waals surface area contributed by atoms with Crippen molar-refractivity contribution in [2.75, 3.05) is 0 Å². The maximum Gasteiger partial charge on any atom is 0.303 e. The fraction of sp³-hybridized carbons (Fsp3) is 0.955. The Morgan fingerprint density at radius 3 is 2.41 bits per heavy atom. The van der Waals surface area contributed by atoms with Crippen molar-refractivity contribution in [2.24, 2.45) is 40.4 Å². The molecule has 0 amide bonds. The van der Waals surface area contributed by atoms with Crippen LogP contribution in [0.3, 0.4) is 0 Å². The topological polar surface area (TPSA) is 87.0 Å². The molecule has 0 aromatic rings. The van der Waals surface area contributed by atoms with Crippen LogP contribution in [0.2, 0.25) is 0 Å². The zero-order chi connectivity index (χ0) is 19.7. The third kappa shape index (κ3) is 2.79. The standard InChI is InChI=1S/C22H36O5/c1-11-9-14-16-13(5-7-21(14,3)10-11)22(4)8-6-15(24)20(27-12(2)23)17(22)19(26)18(16)25/h11,13-20,24-26H,5-10H2,1-4H3. The zero-order valence-electron chi connectivity index (χ0n) is 17.1. The summed E-state index contributed by atoms with van der Waals surface area (Å²) < 4.78 is 5.50. The van der Waals surface area contributed by atoms with Crippen LogP contribution in [0.25, 0.3) is 0 Å². The van der Waals surface area contributed by atoms with Crippen molar-refractivity contribution < 1.29 is 24.9 Å². The third-order valence-corrected chi connectivity index (χ3v) is 9.06. The summed E-state index contributed by atoms with van der Waals surface area (Å²) in [6.07, 6.45) is 2.64. The van der Waals surface area contributed by atoms with Crippen molar-refractivity contribution in [3.8, 4) is 0 Å². The van der Waals surface area contributed by atoms with E-state index in [4.69, 9.17) is 4.74 Å². The van der Waals surface area contributed by atoms with Crippen LogP contribution in [0.5, 0.6) is 0 Å². The molecule has 27 heavy (non-hydrogen) atoms. The van der Waals surface area contributed by atoms with E-state index in [1.165, 1.54) is 13.3 Å². The Morgan fingerprint density at radius 2 is 1.74 bits per heavy atom. The molecule has 4 fully saturated rings. The average molecular weight is 381 g/mol. The first-order valence-electron chi connectivity index (χ1n) is 10.8. The summed E-state index contributed by atoms with van der Waals surface area (Å²) in [7, 11) is 0. The second-order valence-corrected chi connectivity index (χ2v) is 10.7. The Kier molecular flexibility index (Phi) is 4.68. The molecule has 0 radical (unpaired) electrons. The number of ether oxygens (including phenoxy) is 1. The largest absolute Gasteiger partial charge is 0.459 e. The van der Waals surface area contributed by atoms with Crippen molar-refractivity contribution in [2.45, 2.75) is 90.6 Å². The van der Waals surface area contributed by atoms with E-state index in [1.54, 1.807) is 0 Å². The van der Waals surface area contributed by atoms with Crippen molar-refractivity contribution in [1.29, 1.82) is 0 Å². The molecule has 154 valence electrons. The number of carbonyl (C=O) groups excluding carboxylic acids is 1. The highest BCUT2D eigenvalue weighted by atomic mass is 16.6. The van der Waals surface area contributed by atoms with Crippen LogP contribution in [0.4, 0.5) is 0 Å². The number of carbonyl (C=O) groups is 1. The van der Waals surface area contributed by atoms with Gasteiger partial charge >= 0.3 is 5.97 Å². The van der Waals surface area contributed by atoms with Crippen LogP contribution in [0.15, 0.2) is 0 Å². The van der Waals surface area contributed by atoms with Crippen LogP contribution in [-0.4, -0.2) is 45.7 Å². The van der Waals surface area contributed by atoms with Gasteiger partial charge in [0, 0.05) is 12.8 Å². The van der Waals surface area contributed by atoms with Gasteiger partial charge in [-0.15, -0.1) is 0 Å². The Labute approximate surface area is 162 Å². The van der Waals surface area contributed by atoms with Crippen LogP contribution >= 0.6 is 0 Å². The van der Waals surface area contributed by atoms with E-state index in [2.05, 4.69) is 20.8 Å². The van der Waals surface area contributed by atoms with Gasteiger partial charge in [-0.2, -0.15) is 0 Å². The number of hydrogen-bond acceptors (Lipinski definition) is 5. The van der Waals surface area contributed by atoms with Gasteiger partial charge in [0.05, 0.1) is 18.3 Å². The second kappa shape index (κ2) is 6.43. The molecule has 0 bridgehead atoms. The van der Waals surface area contributed by atoms with Crippen LogP contribution in [0, 0.1) is 40.4 Å². The first-order chi connectivity index (χ1) is 12.6. The van der Waals surface area contributed by atoms with Crippen LogP contribution < -0.4 is 0 Å². The van der Waals surface area contributed by atoms with Crippen molar-refractivity contribution in [1.82, 2.24) is 0 Å². The Morgan fingerprint density at radius 1 is 1.04 bits per heavy atom. The fourth-order valence-electron chi connectivity index (χ4n) is 8.07. The lowest BCUT2D eigenvalue weighted by Gasteiger charge is -2.64. The van der Waals surface area contributed by atoms with Gasteiger partial charge in [0.25, 0.3) is 0 Å². The summed E-state index contributed by atoms with van der Waals surface area (Å²) in [5.74, 6) is 0.647. The highest BCUT2D eigenvalue weighted by Crippen LogP contribution is 2.67. The number of hydrogen-bond donors (Lipinski definition) is 3. The lowest BCUT2D eigenvalue weighted by atomic mass is 9.43. The molecule has 4 aliphatic carbocycles. The van der Waals surface area contributed by atoms with E-state index in [1.807, 2.05) is 0 Å². The highest BCUT2D eigenvalue weighted by molar-refractivity contribution is 5.66. The molecule has 0 aliphatic heterocycles. The van der Waals surface area contributed by atoms with E-state index in [9.17, 15) is 20.1 Å². The molecule has 0 heterocycles. The zero-order valence-corrected chi connectivity index (χ0v) is 17.1. The maximum atomic E-state index is 11.7. The molecule has 11 atom stereocenters. The number of fused-ring (bicyclic) bond motifs is 5. The Balaban J connectivity index is 1.72. The van der Waals surface area contributed by atoms with Crippen LogP contribution in [0.1, 0.15) is 66.2 Å². The number of esters is 1. The van der Waals surface area contributed by atoms with E-state index < -0.39 is 36.3 Å². The molecule has 11 unspecified atom stereocenters. The van der Waals surface area contributed by atoms with Crippen molar-refractivity contribution >= 4 is 5.97 Å². The number of aliphatic hydroxyl groups is 3. The lowest BCUT2D eigenvalue weighted by Crippen LogP contribution is -2.67. The average Bonchev–Trinajstić information content (AvgIpc) is 2.89. The minimum absolute atomic E-state index is 0.0955. The predicted molar refractivity (Wildman–Crippen MR) is 101 cm³/mol. The van der Waals surface area contributed by atoms with E-state index in [0.717, 1.165) is 25.7 Å². The van der Waals surface area contributed by atoms with Gasteiger partial charge in [-0.3, -0.25) is 4.79 Å². The number of rotatable bonds is 1. The summed E-state index contributed by atoms with van der Waals surface area (Å²) >= 11 is 0. The summed E-state index contributed by atoms with van der Waals surface area (Å²) in [4.78, 5) is 11.7. The summed E-state index contributed by atoms with van der Waals surface area (Å²) in [6.45, 7) is 8.23. The predicted octanol–water partition coefficient (Wildman–Crippen LogP) is 2.51. The van der Waals surface area contributed by atoms with Crippen molar-refractivity contribution in [3.63, 3.8) is 0 Å². The fourth-order valence-corrected chi connectivity index (χ4v) is 8.07. The monoisotopic (exact) mass is 380 g/mol. The molecule has 4 saturated carbocycles. The molecule has 3 N–H and O–H groups in total. The van der Waals surface area contributed by atoms with Gasteiger partial charge in [0.2, 0.25) is 0 Å². The van der Waals surface area contributed by atoms with Gasteiger partial charge in [0.15, 0.2) is 0 Å². The first-order valence-corrected chi connectivity index (χ1v) is 10.8. The molecule has 5 heteroatoms. The first kappa shape index (κ1) is 19.7. The van der Waals surface area contributed by atoms with Crippen LogP contribution in [-0.2, 0) is 9.53 Å². The van der Waals surface area contributed by atoms with Gasteiger partial charge in [0.1, 0.15) is 6.10 Å². The normalized spacial score (nSPS) is 57.4. The summed E-state index contributed by atoms with van der Waals surface area (Å²) in [6, 6.07) is 0. The molecular formula is C22H36O5. The van der Waals surface area contributed by atoms with Gasteiger partial charge in [-0.1, -0.05) is 20.8 Å². The van der Waals surface area contributed by atoms with E-state index in [-0.39, 0.29) is 16.7 Å². The molecule has 0 aromatic heterocycles. The molecule has 4 rings (SSSR count). The highest BCUT2D eigenvalue weighted by Gasteiger charge is 2.66. The molecule has 0 spiro atoms. The maximum absolute atomic E-state index is 11.7. The molecule has 0 saturated heterocycles. The van der Waals surface area contributed by atoms with E-state index in [0.29, 0.717) is 24.2 Å². The molecule has 0 aromatic carbocycles. The SMILES string of the molecule is CC(=O)OC1C(O)CCC2(C)C3CCC4(C)CC(C)CC4C3C(O)C(O)C12. The van der Waals surface area contributed by atoms with Gasteiger partial charge in [-0.25, -0.2) is 0 Å². The third-order valence-electron chi connectivity index (χ3n) is 9.06. The molecular weight excluding hydrogens is 344 g/mol. The van der Waals surface area contributed by atoms with Gasteiger partial charge in [-0.05, 0) is 73.0 Å². The summed E-state index contributed by atoms with van der Waals surface area (Å²) in [5, 5.41) is 33.0. The van der Waals surface area contributed by atoms with Gasteiger partial charge < -0.3 is 20.1 Å². The minimum atomic E-state index is -0.964. The minimum Gasteiger partial charge on any atom is -0.459 e.